The zero-order chi connectivity index (χ0) is 11.5. The molecule has 16 heavy (non-hydrogen) atoms. The van der Waals surface area contributed by atoms with Crippen molar-refractivity contribution in [2.75, 3.05) is 0 Å². The summed E-state index contributed by atoms with van der Waals surface area (Å²) in [5.41, 5.74) is 2.12. The molecule has 0 aromatic heterocycles. The molecule has 0 saturated carbocycles. The number of ketones is 1. The monoisotopic (exact) mass is 220 g/mol. The Labute approximate surface area is 94.8 Å². The molecule has 0 spiro atoms. The van der Waals surface area contributed by atoms with Crippen molar-refractivity contribution >= 4 is 11.8 Å². The average molecular weight is 220 g/mol. The second-order valence-corrected chi connectivity index (χ2v) is 5.78. The Morgan fingerprint density at radius 2 is 2.00 bits per heavy atom. The van der Waals surface area contributed by atoms with Crippen LogP contribution in [0, 0.1) is 11.3 Å². The quantitative estimate of drug-likeness (QED) is 0.586. The van der Waals surface area contributed by atoms with E-state index >= 15 is 0 Å². The molecule has 3 nitrogen and oxygen atoms in total. The molecule has 0 bridgehead atoms. The van der Waals surface area contributed by atoms with Gasteiger partial charge in [0.2, 0.25) is 0 Å². The van der Waals surface area contributed by atoms with Gasteiger partial charge in [0.25, 0.3) is 0 Å². The predicted molar refractivity (Wildman–Crippen MR) is 57.7 cm³/mol. The molecule has 1 heterocycles. The molecule has 0 aromatic rings. The lowest BCUT2D eigenvalue weighted by molar-refractivity contribution is -0.140. The minimum absolute atomic E-state index is 0.0211. The Morgan fingerprint density at radius 1 is 1.25 bits per heavy atom. The van der Waals surface area contributed by atoms with Crippen molar-refractivity contribution in [1.29, 1.82) is 0 Å². The number of hydrogen-bond donors (Lipinski definition) is 0. The molecule has 1 fully saturated rings. The van der Waals surface area contributed by atoms with Crippen LogP contribution in [0.25, 0.3) is 0 Å². The third kappa shape index (κ3) is 1.20. The van der Waals surface area contributed by atoms with Gasteiger partial charge >= 0.3 is 5.97 Å². The fourth-order valence-corrected chi connectivity index (χ4v) is 3.39. The van der Waals surface area contributed by atoms with Gasteiger partial charge in [-0.3, -0.25) is 9.59 Å². The van der Waals surface area contributed by atoms with E-state index in [4.69, 9.17) is 4.74 Å². The normalized spacial score (nSPS) is 36.1. The van der Waals surface area contributed by atoms with Crippen molar-refractivity contribution in [3.63, 3.8) is 0 Å². The lowest BCUT2D eigenvalue weighted by Crippen LogP contribution is -2.30. The van der Waals surface area contributed by atoms with Gasteiger partial charge in [0.1, 0.15) is 6.10 Å². The highest BCUT2D eigenvalue weighted by Gasteiger charge is 2.51. The van der Waals surface area contributed by atoms with E-state index < -0.39 is 0 Å². The Balaban J connectivity index is 2.06. The van der Waals surface area contributed by atoms with Gasteiger partial charge in [-0.25, -0.2) is 0 Å². The number of fused-ring (bicyclic) bond motifs is 2. The Hall–Kier alpha value is -1.12. The summed E-state index contributed by atoms with van der Waals surface area (Å²) in [6, 6.07) is 0. The third-order valence-electron chi connectivity index (χ3n) is 4.23. The molecule has 2 atom stereocenters. The fourth-order valence-electron chi connectivity index (χ4n) is 3.39. The van der Waals surface area contributed by atoms with Gasteiger partial charge in [0.15, 0.2) is 5.78 Å². The van der Waals surface area contributed by atoms with Crippen LogP contribution in [0.3, 0.4) is 0 Å². The van der Waals surface area contributed by atoms with E-state index in [1.807, 2.05) is 0 Å². The molecular formula is C13H16O3. The van der Waals surface area contributed by atoms with E-state index in [-0.39, 0.29) is 29.2 Å². The molecule has 3 rings (SSSR count). The van der Waals surface area contributed by atoms with Crippen LogP contribution in [0.15, 0.2) is 11.1 Å². The molecule has 1 saturated heterocycles. The first kappa shape index (κ1) is 10.1. The number of hydrogen-bond acceptors (Lipinski definition) is 3. The molecule has 0 aromatic carbocycles. The number of carbonyl (C=O) groups excluding carboxylic acids is 2. The van der Waals surface area contributed by atoms with Crippen LogP contribution < -0.4 is 0 Å². The van der Waals surface area contributed by atoms with Crippen LogP contribution in [-0.4, -0.2) is 17.9 Å². The summed E-state index contributed by atoms with van der Waals surface area (Å²) < 4.78 is 5.39. The number of esters is 1. The predicted octanol–water partition coefficient (Wildman–Crippen LogP) is 2.01. The summed E-state index contributed by atoms with van der Waals surface area (Å²) in [6.07, 6.45) is 2.68. The highest BCUT2D eigenvalue weighted by Crippen LogP contribution is 2.52. The topological polar surface area (TPSA) is 43.4 Å². The largest absolute Gasteiger partial charge is 0.457 e. The van der Waals surface area contributed by atoms with Crippen molar-refractivity contribution in [2.45, 2.75) is 45.6 Å². The Morgan fingerprint density at radius 3 is 2.75 bits per heavy atom. The Bertz CT molecular complexity index is 417. The van der Waals surface area contributed by atoms with Crippen molar-refractivity contribution < 1.29 is 14.3 Å². The fraction of sp³-hybridized carbons (Fsp3) is 0.692. The van der Waals surface area contributed by atoms with Gasteiger partial charge in [-0.1, -0.05) is 13.8 Å². The number of ether oxygens (including phenoxy) is 1. The summed E-state index contributed by atoms with van der Waals surface area (Å²) in [4.78, 5) is 23.2. The highest BCUT2D eigenvalue weighted by atomic mass is 16.6. The number of Topliss-reactive ketones (excluding diaryl/α,β-unsaturated/α-hetero) is 1. The maximum absolute atomic E-state index is 11.9. The van der Waals surface area contributed by atoms with E-state index in [1.165, 1.54) is 0 Å². The number of carbonyl (C=O) groups is 2. The van der Waals surface area contributed by atoms with Gasteiger partial charge in [-0.2, -0.15) is 0 Å². The van der Waals surface area contributed by atoms with Crippen LogP contribution in [-0.2, 0) is 14.3 Å². The minimum Gasteiger partial charge on any atom is -0.457 e. The smallest absolute Gasteiger partial charge is 0.306 e. The van der Waals surface area contributed by atoms with Gasteiger partial charge in [-0.15, -0.1) is 0 Å². The SMILES string of the molecule is CC1(C)CCC(=O)C2=C1[C@@H]1OC(=O)C[C@@H]1C2. The molecule has 3 heteroatoms. The summed E-state index contributed by atoms with van der Waals surface area (Å²) in [5, 5.41) is 0. The first-order valence-electron chi connectivity index (χ1n) is 5.95. The maximum atomic E-state index is 11.9. The zero-order valence-electron chi connectivity index (χ0n) is 9.71. The van der Waals surface area contributed by atoms with Crippen LogP contribution in [0.2, 0.25) is 0 Å². The van der Waals surface area contributed by atoms with Crippen LogP contribution >= 0.6 is 0 Å². The van der Waals surface area contributed by atoms with Crippen LogP contribution in [0.1, 0.15) is 39.5 Å². The zero-order valence-corrected chi connectivity index (χ0v) is 9.71. The Kier molecular flexibility index (Phi) is 1.86. The van der Waals surface area contributed by atoms with Gasteiger partial charge in [0.05, 0.1) is 6.42 Å². The highest BCUT2D eigenvalue weighted by molar-refractivity contribution is 5.98. The van der Waals surface area contributed by atoms with Crippen molar-refractivity contribution in [3.8, 4) is 0 Å². The maximum Gasteiger partial charge on any atom is 0.306 e. The van der Waals surface area contributed by atoms with Crippen molar-refractivity contribution in [1.82, 2.24) is 0 Å². The number of allylic oxidation sites excluding steroid dienone is 1. The third-order valence-corrected chi connectivity index (χ3v) is 4.23. The summed E-state index contributed by atoms with van der Waals surface area (Å²) in [5.74, 6) is 0.411. The van der Waals surface area contributed by atoms with Gasteiger partial charge in [-0.05, 0) is 29.4 Å². The summed E-state index contributed by atoms with van der Waals surface area (Å²) in [7, 11) is 0. The van der Waals surface area contributed by atoms with Crippen LogP contribution in [0.5, 0.6) is 0 Å². The molecule has 1 aliphatic heterocycles. The van der Waals surface area contributed by atoms with Crippen LogP contribution in [0.4, 0.5) is 0 Å². The first-order chi connectivity index (χ1) is 7.49. The molecule has 0 N–H and O–H groups in total. The second-order valence-electron chi connectivity index (χ2n) is 5.78. The first-order valence-corrected chi connectivity index (χ1v) is 5.95. The number of rotatable bonds is 0. The molecule has 0 unspecified atom stereocenters. The van der Waals surface area contributed by atoms with Gasteiger partial charge < -0.3 is 4.74 Å². The standard InChI is InChI=1S/C13H16O3/c1-13(2)4-3-9(14)8-5-7-6-10(15)16-12(7)11(8)13/h7,12H,3-6H2,1-2H3/t7-,12+/m0/s1. The average Bonchev–Trinajstić information content (AvgIpc) is 2.67. The van der Waals surface area contributed by atoms with E-state index in [2.05, 4.69) is 13.8 Å². The summed E-state index contributed by atoms with van der Waals surface area (Å²) in [6.45, 7) is 4.31. The van der Waals surface area contributed by atoms with Crippen molar-refractivity contribution in [2.24, 2.45) is 11.3 Å². The van der Waals surface area contributed by atoms with E-state index in [0.717, 1.165) is 24.0 Å². The van der Waals surface area contributed by atoms with Gasteiger partial charge in [0, 0.05) is 12.3 Å². The lowest BCUT2D eigenvalue weighted by atomic mass is 9.72. The van der Waals surface area contributed by atoms with E-state index in [9.17, 15) is 9.59 Å². The van der Waals surface area contributed by atoms with Crippen molar-refractivity contribution in [3.05, 3.63) is 11.1 Å². The molecular weight excluding hydrogens is 204 g/mol. The summed E-state index contributed by atoms with van der Waals surface area (Å²) >= 11 is 0. The minimum atomic E-state index is -0.102. The molecule has 86 valence electrons. The second kappa shape index (κ2) is 2.96. The van der Waals surface area contributed by atoms with E-state index in [1.54, 1.807) is 0 Å². The van der Waals surface area contributed by atoms with E-state index in [0.29, 0.717) is 12.8 Å². The molecule has 0 radical (unpaired) electrons. The lowest BCUT2D eigenvalue weighted by Gasteiger charge is -2.33. The molecule has 0 amide bonds. The molecule has 2 aliphatic carbocycles. The molecule has 3 aliphatic rings.